The van der Waals surface area contributed by atoms with Crippen LogP contribution in [0.25, 0.3) is 11.1 Å². The van der Waals surface area contributed by atoms with Gasteiger partial charge in [0.15, 0.2) is 11.5 Å². The molecule has 0 fully saturated rings. The molecule has 0 atom stereocenters. The molecular formula is C22H18O4. The molecule has 0 saturated carbocycles. The summed E-state index contributed by atoms with van der Waals surface area (Å²) < 4.78 is 16.4. The van der Waals surface area contributed by atoms with Crippen LogP contribution in [0.2, 0.25) is 0 Å². The van der Waals surface area contributed by atoms with Crippen molar-refractivity contribution >= 4 is 5.97 Å². The van der Waals surface area contributed by atoms with Gasteiger partial charge in [-0.1, -0.05) is 54.6 Å². The minimum absolute atomic E-state index is 0.225. The molecule has 0 aliphatic carbocycles. The molecule has 0 saturated heterocycles. The van der Waals surface area contributed by atoms with E-state index >= 15 is 0 Å². The quantitative estimate of drug-likeness (QED) is 0.653. The average molecular weight is 346 g/mol. The molecule has 3 aromatic carbocycles. The number of ether oxygens (including phenoxy) is 3. The van der Waals surface area contributed by atoms with Crippen molar-refractivity contribution in [1.82, 2.24) is 0 Å². The summed E-state index contributed by atoms with van der Waals surface area (Å²) in [6, 6.07) is 23.2. The fraction of sp³-hybridized carbons (Fsp3) is 0.136. The van der Waals surface area contributed by atoms with Crippen LogP contribution in [0.4, 0.5) is 0 Å². The van der Waals surface area contributed by atoms with Gasteiger partial charge in [-0.05, 0) is 34.9 Å². The summed E-state index contributed by atoms with van der Waals surface area (Å²) in [7, 11) is 0. The van der Waals surface area contributed by atoms with Gasteiger partial charge in [-0.2, -0.15) is 0 Å². The Balaban J connectivity index is 1.40. The van der Waals surface area contributed by atoms with Gasteiger partial charge >= 0.3 is 5.97 Å². The first-order valence-corrected chi connectivity index (χ1v) is 8.51. The second-order valence-corrected chi connectivity index (χ2v) is 6.00. The van der Waals surface area contributed by atoms with Gasteiger partial charge in [0, 0.05) is 0 Å². The lowest BCUT2D eigenvalue weighted by molar-refractivity contribution is 0.0471. The first kappa shape index (κ1) is 16.2. The standard InChI is InChI=1S/C22H18O4/c23-22(19-10-11-20-21(14-19)25-13-12-24-20)26-15-16-6-8-18(9-7-16)17-4-2-1-3-5-17/h1-11,14H,12-13,15H2. The normalized spacial score (nSPS) is 12.5. The van der Waals surface area contributed by atoms with Crippen molar-refractivity contribution in [2.24, 2.45) is 0 Å². The molecule has 1 aliphatic rings. The van der Waals surface area contributed by atoms with Gasteiger partial charge in [-0.15, -0.1) is 0 Å². The van der Waals surface area contributed by atoms with E-state index in [-0.39, 0.29) is 12.6 Å². The molecule has 0 N–H and O–H groups in total. The summed E-state index contributed by atoms with van der Waals surface area (Å²) >= 11 is 0. The minimum atomic E-state index is -0.380. The molecule has 4 rings (SSSR count). The van der Waals surface area contributed by atoms with Crippen molar-refractivity contribution in [3.05, 3.63) is 83.9 Å². The largest absolute Gasteiger partial charge is 0.486 e. The molecular weight excluding hydrogens is 328 g/mol. The van der Waals surface area contributed by atoms with Crippen LogP contribution < -0.4 is 9.47 Å². The molecule has 26 heavy (non-hydrogen) atoms. The summed E-state index contributed by atoms with van der Waals surface area (Å²) in [5.41, 5.74) is 3.69. The first-order valence-electron chi connectivity index (χ1n) is 8.51. The Bertz CT molecular complexity index is 901. The van der Waals surface area contributed by atoms with Gasteiger partial charge < -0.3 is 14.2 Å². The summed E-state index contributed by atoms with van der Waals surface area (Å²) in [5.74, 6) is 0.858. The smallest absolute Gasteiger partial charge is 0.338 e. The molecule has 0 amide bonds. The molecule has 0 unspecified atom stereocenters. The maximum Gasteiger partial charge on any atom is 0.338 e. The number of esters is 1. The third-order valence-electron chi connectivity index (χ3n) is 4.21. The summed E-state index contributed by atoms with van der Waals surface area (Å²) in [6.07, 6.45) is 0. The number of rotatable bonds is 4. The second kappa shape index (κ2) is 7.31. The fourth-order valence-electron chi connectivity index (χ4n) is 2.83. The minimum Gasteiger partial charge on any atom is -0.486 e. The van der Waals surface area contributed by atoms with Gasteiger partial charge in [-0.25, -0.2) is 4.79 Å². The van der Waals surface area contributed by atoms with E-state index in [1.54, 1.807) is 18.2 Å². The van der Waals surface area contributed by atoms with Gasteiger partial charge in [0.25, 0.3) is 0 Å². The topological polar surface area (TPSA) is 44.8 Å². The number of carbonyl (C=O) groups excluding carboxylic acids is 1. The summed E-state index contributed by atoms with van der Waals surface area (Å²) in [5, 5.41) is 0. The zero-order chi connectivity index (χ0) is 17.8. The Kier molecular flexibility index (Phi) is 4.56. The highest BCUT2D eigenvalue weighted by Crippen LogP contribution is 2.31. The SMILES string of the molecule is O=C(OCc1ccc(-c2ccccc2)cc1)c1ccc2c(c1)OCCO2. The Labute approximate surface area is 152 Å². The van der Waals surface area contributed by atoms with Crippen molar-refractivity contribution in [3.8, 4) is 22.6 Å². The number of hydrogen-bond donors (Lipinski definition) is 0. The molecule has 3 aromatic rings. The van der Waals surface area contributed by atoms with Crippen LogP contribution in [0.15, 0.2) is 72.8 Å². The van der Waals surface area contributed by atoms with Crippen molar-refractivity contribution < 1.29 is 19.0 Å². The molecule has 0 aromatic heterocycles. The lowest BCUT2D eigenvalue weighted by Crippen LogP contribution is -2.16. The lowest BCUT2D eigenvalue weighted by atomic mass is 10.0. The second-order valence-electron chi connectivity index (χ2n) is 6.00. The van der Waals surface area contributed by atoms with E-state index in [0.717, 1.165) is 16.7 Å². The first-order chi connectivity index (χ1) is 12.8. The highest BCUT2D eigenvalue weighted by Gasteiger charge is 2.15. The average Bonchev–Trinajstić information content (AvgIpc) is 2.72. The van der Waals surface area contributed by atoms with Gasteiger partial charge in [0.1, 0.15) is 19.8 Å². The molecule has 1 aliphatic heterocycles. The molecule has 0 radical (unpaired) electrons. The number of hydrogen-bond acceptors (Lipinski definition) is 4. The van der Waals surface area contributed by atoms with E-state index in [4.69, 9.17) is 14.2 Å². The van der Waals surface area contributed by atoms with Crippen LogP contribution in [0, 0.1) is 0 Å². The Morgan fingerprint density at radius 3 is 2.27 bits per heavy atom. The van der Waals surface area contributed by atoms with E-state index < -0.39 is 0 Å². The highest BCUT2D eigenvalue weighted by molar-refractivity contribution is 5.90. The molecule has 130 valence electrons. The van der Waals surface area contributed by atoms with Crippen LogP contribution in [-0.2, 0) is 11.3 Å². The van der Waals surface area contributed by atoms with E-state index in [0.29, 0.717) is 30.3 Å². The lowest BCUT2D eigenvalue weighted by Gasteiger charge is -2.18. The third kappa shape index (κ3) is 3.54. The zero-order valence-corrected chi connectivity index (χ0v) is 14.2. The molecule has 4 nitrogen and oxygen atoms in total. The zero-order valence-electron chi connectivity index (χ0n) is 14.2. The predicted molar refractivity (Wildman–Crippen MR) is 98.4 cm³/mol. The maximum atomic E-state index is 12.3. The van der Waals surface area contributed by atoms with E-state index in [2.05, 4.69) is 12.1 Å². The van der Waals surface area contributed by atoms with Crippen LogP contribution >= 0.6 is 0 Å². The van der Waals surface area contributed by atoms with E-state index in [1.807, 2.05) is 42.5 Å². The van der Waals surface area contributed by atoms with Gasteiger partial charge in [0.2, 0.25) is 0 Å². The van der Waals surface area contributed by atoms with E-state index in [9.17, 15) is 4.79 Å². The monoisotopic (exact) mass is 346 g/mol. The number of benzene rings is 3. The molecule has 0 spiro atoms. The van der Waals surface area contributed by atoms with Crippen molar-refractivity contribution in [2.75, 3.05) is 13.2 Å². The molecule has 0 bridgehead atoms. The predicted octanol–water partition coefficient (Wildman–Crippen LogP) is 4.48. The summed E-state index contributed by atoms with van der Waals surface area (Å²) in [6.45, 7) is 1.23. The third-order valence-corrected chi connectivity index (χ3v) is 4.21. The van der Waals surface area contributed by atoms with Gasteiger partial charge in [-0.3, -0.25) is 0 Å². The highest BCUT2D eigenvalue weighted by atomic mass is 16.6. The van der Waals surface area contributed by atoms with Crippen molar-refractivity contribution in [1.29, 1.82) is 0 Å². The van der Waals surface area contributed by atoms with Gasteiger partial charge in [0.05, 0.1) is 5.56 Å². The number of fused-ring (bicyclic) bond motifs is 1. The maximum absolute atomic E-state index is 12.3. The Hall–Kier alpha value is -3.27. The Morgan fingerprint density at radius 2 is 1.50 bits per heavy atom. The molecule has 4 heteroatoms. The van der Waals surface area contributed by atoms with Crippen LogP contribution in [0.5, 0.6) is 11.5 Å². The Morgan fingerprint density at radius 1 is 0.808 bits per heavy atom. The van der Waals surface area contributed by atoms with Crippen molar-refractivity contribution in [2.45, 2.75) is 6.61 Å². The number of carbonyl (C=O) groups is 1. The van der Waals surface area contributed by atoms with Crippen LogP contribution in [0.3, 0.4) is 0 Å². The van der Waals surface area contributed by atoms with Crippen LogP contribution in [0.1, 0.15) is 15.9 Å². The van der Waals surface area contributed by atoms with Crippen LogP contribution in [-0.4, -0.2) is 19.2 Å². The summed E-state index contributed by atoms with van der Waals surface area (Å²) in [4.78, 5) is 12.3. The molecule has 1 heterocycles. The van der Waals surface area contributed by atoms with Crippen molar-refractivity contribution in [3.63, 3.8) is 0 Å². The fourth-order valence-corrected chi connectivity index (χ4v) is 2.83. The van der Waals surface area contributed by atoms with E-state index in [1.165, 1.54) is 0 Å².